The van der Waals surface area contributed by atoms with Gasteiger partial charge in [-0.2, -0.15) is 0 Å². The van der Waals surface area contributed by atoms with Crippen LogP contribution in [0.25, 0.3) is 44.6 Å². The Hall–Kier alpha value is -3.44. The van der Waals surface area contributed by atoms with Gasteiger partial charge in [-0.1, -0.05) is 121 Å². The maximum absolute atomic E-state index is 6.11. The molecule has 7 rings (SSSR count). The van der Waals surface area contributed by atoms with Crippen molar-refractivity contribution in [3.05, 3.63) is 108 Å². The topological polar surface area (TPSA) is 51.8 Å². The van der Waals surface area contributed by atoms with Gasteiger partial charge < -0.3 is 14.4 Å². The molecule has 1 radical (unpaired) electrons. The average Bonchev–Trinajstić information content (AvgIpc) is 3.52. The number of hydrogen-bond acceptors (Lipinski definition) is 4. The van der Waals surface area contributed by atoms with E-state index in [2.05, 4.69) is 125 Å². The van der Waals surface area contributed by atoms with Crippen molar-refractivity contribution in [3.63, 3.8) is 0 Å². The Bertz CT molecular complexity index is 2120. The summed E-state index contributed by atoms with van der Waals surface area (Å²) in [6.07, 6.45) is 14.2. The second-order valence-corrected chi connectivity index (χ2v) is 21.7. The summed E-state index contributed by atoms with van der Waals surface area (Å²) in [4.78, 5) is 14.0. The SMILES string of the molecule is CC(C)Cc1cc(-c2[c-]cc(C3CCCCC3)cc2)ncc1[Si](C)(C)C.CCC(C)(CC)c1ccnc(-c2[c-]ccc3c2oc2nc(C)ccc23)c1.[Ir]. The molecule has 0 bridgehead atoms. The van der Waals surface area contributed by atoms with E-state index in [1.165, 1.54) is 54.0 Å². The molecule has 281 valence electrons. The smallest absolute Gasteiger partial charge is 0.216 e. The Morgan fingerprint density at radius 2 is 1.64 bits per heavy atom. The molecule has 0 saturated heterocycles. The molecule has 4 nitrogen and oxygen atoms in total. The number of aryl methyl sites for hydroxylation is 1. The molecular weight excluding hydrogens is 843 g/mol. The number of benzene rings is 2. The molecule has 53 heavy (non-hydrogen) atoms. The van der Waals surface area contributed by atoms with Crippen LogP contribution in [0.5, 0.6) is 0 Å². The summed E-state index contributed by atoms with van der Waals surface area (Å²) in [7, 11) is -1.37. The number of nitrogens with zero attached hydrogens (tertiary/aromatic N) is 3. The Morgan fingerprint density at radius 1 is 0.887 bits per heavy atom. The third-order valence-electron chi connectivity index (χ3n) is 11.3. The Morgan fingerprint density at radius 3 is 2.30 bits per heavy atom. The first-order chi connectivity index (χ1) is 24.9. The van der Waals surface area contributed by atoms with Crippen molar-refractivity contribution in [2.24, 2.45) is 5.92 Å². The molecule has 1 aliphatic rings. The first-order valence-corrected chi connectivity index (χ1v) is 23.1. The predicted molar refractivity (Wildman–Crippen MR) is 222 cm³/mol. The molecule has 0 aliphatic heterocycles. The summed E-state index contributed by atoms with van der Waals surface area (Å²) in [6.45, 7) is 20.6. The van der Waals surface area contributed by atoms with Gasteiger partial charge in [0.15, 0.2) is 0 Å². The zero-order valence-corrected chi connectivity index (χ0v) is 36.7. The first kappa shape index (κ1) is 40.7. The standard InChI is InChI=1S/C24H34NSi.C23H23N2O.Ir/c1-18(2)15-22-16-23(25-17-24(22)26(3,4)5)21-13-11-20(12-14-21)19-9-7-6-8-10-19;1-5-23(4,6-2)16-12-13-24-20(14-16)19-9-7-8-17-18-11-10-15(3)25-22(18)26-21(17)19;/h11-13,16-19H,6-10,15H2,1-5H3;7-8,10-14H,5-6H2,1-4H3;/q2*-1;. The normalized spacial score (nSPS) is 13.9. The van der Waals surface area contributed by atoms with Crippen molar-refractivity contribution in [2.75, 3.05) is 0 Å². The van der Waals surface area contributed by atoms with E-state index in [0.717, 1.165) is 69.7 Å². The molecule has 4 heterocycles. The minimum atomic E-state index is -1.37. The van der Waals surface area contributed by atoms with Gasteiger partial charge in [0.2, 0.25) is 5.71 Å². The van der Waals surface area contributed by atoms with Gasteiger partial charge >= 0.3 is 0 Å². The fourth-order valence-electron chi connectivity index (χ4n) is 7.72. The molecule has 6 aromatic rings. The van der Waals surface area contributed by atoms with Crippen LogP contribution in [-0.2, 0) is 31.9 Å². The molecule has 4 aromatic heterocycles. The number of aromatic nitrogens is 3. The van der Waals surface area contributed by atoms with Crippen LogP contribution in [0.2, 0.25) is 19.6 Å². The Balaban J connectivity index is 0.000000201. The van der Waals surface area contributed by atoms with Gasteiger partial charge in [0, 0.05) is 43.6 Å². The summed E-state index contributed by atoms with van der Waals surface area (Å²) in [5, 5.41) is 3.60. The van der Waals surface area contributed by atoms with Crippen LogP contribution in [0, 0.1) is 25.0 Å². The summed E-state index contributed by atoms with van der Waals surface area (Å²) >= 11 is 0. The van der Waals surface area contributed by atoms with E-state index < -0.39 is 8.07 Å². The van der Waals surface area contributed by atoms with Crippen molar-refractivity contribution in [2.45, 2.75) is 124 Å². The molecule has 6 heteroatoms. The minimum Gasteiger partial charge on any atom is -0.486 e. The summed E-state index contributed by atoms with van der Waals surface area (Å²) in [5.41, 5.74) is 10.9. The van der Waals surface area contributed by atoms with E-state index in [1.54, 1.807) is 0 Å². The van der Waals surface area contributed by atoms with Crippen molar-refractivity contribution in [3.8, 4) is 22.5 Å². The maximum Gasteiger partial charge on any atom is 0.216 e. The van der Waals surface area contributed by atoms with Gasteiger partial charge in [-0.15, -0.1) is 53.6 Å². The molecule has 0 N–H and O–H groups in total. The van der Waals surface area contributed by atoms with Crippen LogP contribution in [0.15, 0.2) is 77.5 Å². The second-order valence-electron chi connectivity index (χ2n) is 16.6. The third-order valence-corrected chi connectivity index (χ3v) is 13.4. The monoisotopic (exact) mass is 900 g/mol. The Kier molecular flexibility index (Phi) is 13.3. The minimum absolute atomic E-state index is 0. The van der Waals surface area contributed by atoms with Crippen LogP contribution in [0.3, 0.4) is 0 Å². The first-order valence-electron chi connectivity index (χ1n) is 19.6. The van der Waals surface area contributed by atoms with Gasteiger partial charge in [0.1, 0.15) is 0 Å². The summed E-state index contributed by atoms with van der Waals surface area (Å²) in [6, 6.07) is 28.4. The molecule has 1 aliphatic carbocycles. The van der Waals surface area contributed by atoms with Crippen molar-refractivity contribution >= 4 is 35.3 Å². The van der Waals surface area contributed by atoms with E-state index in [0.29, 0.717) is 11.6 Å². The van der Waals surface area contributed by atoms with Gasteiger partial charge in [-0.25, -0.2) is 4.98 Å². The van der Waals surface area contributed by atoms with E-state index in [4.69, 9.17) is 9.40 Å². The van der Waals surface area contributed by atoms with E-state index in [9.17, 15) is 0 Å². The van der Waals surface area contributed by atoms with Crippen molar-refractivity contribution in [1.29, 1.82) is 0 Å². The maximum atomic E-state index is 6.11. The fraction of sp³-hybridized carbons (Fsp3) is 0.426. The molecule has 1 fully saturated rings. The molecule has 1 saturated carbocycles. The predicted octanol–water partition coefficient (Wildman–Crippen LogP) is 12.6. The molecular formula is C47H57IrN3OSi-2. The zero-order valence-electron chi connectivity index (χ0n) is 33.3. The quantitative estimate of drug-likeness (QED) is 0.107. The molecule has 0 amide bonds. The van der Waals surface area contributed by atoms with Crippen LogP contribution in [-0.4, -0.2) is 23.0 Å². The number of hydrogen-bond donors (Lipinski definition) is 0. The van der Waals surface area contributed by atoms with Gasteiger partial charge in [0.05, 0.1) is 13.7 Å². The molecule has 0 spiro atoms. The second kappa shape index (κ2) is 17.4. The number of fused-ring (bicyclic) bond motifs is 3. The fourth-order valence-corrected chi connectivity index (χ4v) is 9.31. The molecule has 0 atom stereocenters. The largest absolute Gasteiger partial charge is 0.486 e. The third kappa shape index (κ3) is 9.27. The van der Waals surface area contributed by atoms with Crippen molar-refractivity contribution in [1.82, 2.24) is 15.0 Å². The molecule has 2 aromatic carbocycles. The van der Waals surface area contributed by atoms with E-state index >= 15 is 0 Å². The summed E-state index contributed by atoms with van der Waals surface area (Å²) < 4.78 is 6.11. The van der Waals surface area contributed by atoms with Gasteiger partial charge in [-0.3, -0.25) is 0 Å². The molecule has 0 unspecified atom stereocenters. The van der Waals surface area contributed by atoms with Crippen LogP contribution in [0.1, 0.15) is 108 Å². The van der Waals surface area contributed by atoms with Gasteiger partial charge in [0.25, 0.3) is 0 Å². The number of rotatable bonds is 9. The van der Waals surface area contributed by atoms with E-state index in [1.807, 2.05) is 31.3 Å². The van der Waals surface area contributed by atoms with Crippen molar-refractivity contribution < 1.29 is 24.5 Å². The van der Waals surface area contributed by atoms with E-state index in [-0.39, 0.29) is 25.5 Å². The van der Waals surface area contributed by atoms with Crippen LogP contribution < -0.4 is 5.19 Å². The summed E-state index contributed by atoms with van der Waals surface area (Å²) in [5.74, 6) is 1.41. The van der Waals surface area contributed by atoms with Crippen LogP contribution in [0.4, 0.5) is 0 Å². The zero-order chi connectivity index (χ0) is 37.0. The van der Waals surface area contributed by atoms with Gasteiger partial charge in [-0.05, 0) is 77.9 Å². The number of pyridine rings is 3. The average molecular weight is 900 g/mol. The van der Waals surface area contributed by atoms with Crippen LogP contribution >= 0.6 is 0 Å². The Labute approximate surface area is 333 Å². The number of furan rings is 1.